The van der Waals surface area contributed by atoms with Crippen molar-refractivity contribution < 1.29 is 19.2 Å². The molecule has 0 bridgehead atoms. The molecular weight excluding hydrogens is 326 g/mol. The van der Waals surface area contributed by atoms with Gasteiger partial charge in [-0.25, -0.2) is 4.79 Å². The van der Waals surface area contributed by atoms with Crippen LogP contribution < -0.4 is 5.32 Å². The van der Waals surface area contributed by atoms with Gasteiger partial charge in [0.25, 0.3) is 11.6 Å². The Morgan fingerprint density at radius 3 is 2.70 bits per heavy atom. The molecule has 1 amide bonds. The summed E-state index contributed by atoms with van der Waals surface area (Å²) < 4.78 is 4.97. The predicted molar refractivity (Wildman–Crippen MR) is 82.4 cm³/mol. The number of carbonyl (C=O) groups is 2. The third-order valence-electron chi connectivity index (χ3n) is 2.88. The number of aromatic amines is 1. The maximum atomic E-state index is 12.0. The average Bonchev–Trinajstić information content (AvgIpc) is 2.94. The van der Waals surface area contributed by atoms with Crippen LogP contribution in [-0.2, 0) is 9.53 Å². The highest BCUT2D eigenvalue weighted by molar-refractivity contribution is 6.30. The highest BCUT2D eigenvalue weighted by Gasteiger charge is 2.22. The fourth-order valence-electron chi connectivity index (χ4n) is 1.74. The van der Waals surface area contributed by atoms with Gasteiger partial charge in [0.2, 0.25) is 0 Å². The molecule has 0 radical (unpaired) electrons. The van der Waals surface area contributed by atoms with Crippen LogP contribution in [-0.4, -0.2) is 27.9 Å². The first-order valence-corrected chi connectivity index (χ1v) is 6.85. The summed E-state index contributed by atoms with van der Waals surface area (Å²) >= 11 is 5.68. The molecule has 2 aromatic rings. The van der Waals surface area contributed by atoms with E-state index < -0.39 is 22.9 Å². The van der Waals surface area contributed by atoms with Gasteiger partial charge in [0.05, 0.1) is 9.95 Å². The highest BCUT2D eigenvalue weighted by atomic mass is 35.5. The lowest BCUT2D eigenvalue weighted by atomic mass is 10.2. The molecule has 0 saturated carbocycles. The van der Waals surface area contributed by atoms with Crippen LogP contribution in [0.3, 0.4) is 0 Å². The second kappa shape index (κ2) is 6.93. The summed E-state index contributed by atoms with van der Waals surface area (Å²) in [4.78, 5) is 36.7. The van der Waals surface area contributed by atoms with Crippen molar-refractivity contribution in [2.45, 2.75) is 13.0 Å². The summed E-state index contributed by atoms with van der Waals surface area (Å²) in [5.74, 6) is -1.45. The van der Waals surface area contributed by atoms with E-state index in [2.05, 4.69) is 10.3 Å². The first-order valence-electron chi connectivity index (χ1n) is 6.47. The van der Waals surface area contributed by atoms with Crippen molar-refractivity contribution in [3.8, 4) is 0 Å². The molecule has 1 atom stereocenters. The van der Waals surface area contributed by atoms with E-state index in [0.29, 0.717) is 5.02 Å². The van der Waals surface area contributed by atoms with Crippen LogP contribution in [0.15, 0.2) is 36.5 Å². The smallest absolute Gasteiger partial charge is 0.355 e. The summed E-state index contributed by atoms with van der Waals surface area (Å²) in [6.07, 6.45) is 0.250. The molecule has 0 aliphatic carbocycles. The zero-order valence-electron chi connectivity index (χ0n) is 11.9. The number of amides is 1. The summed E-state index contributed by atoms with van der Waals surface area (Å²) in [6, 6.07) is 7.02. The van der Waals surface area contributed by atoms with Gasteiger partial charge in [0.15, 0.2) is 6.10 Å². The van der Waals surface area contributed by atoms with Crippen LogP contribution in [0.5, 0.6) is 0 Å². The van der Waals surface area contributed by atoms with E-state index in [1.54, 1.807) is 6.07 Å². The summed E-state index contributed by atoms with van der Waals surface area (Å²) in [5.41, 5.74) is -0.135. The summed E-state index contributed by atoms with van der Waals surface area (Å²) in [6.45, 7) is 1.35. The van der Waals surface area contributed by atoms with E-state index in [1.165, 1.54) is 37.4 Å². The number of ether oxygens (including phenoxy) is 1. The van der Waals surface area contributed by atoms with E-state index in [1.807, 2.05) is 0 Å². The minimum absolute atomic E-state index is 0.0216. The standard InChI is InChI=1S/C14H12ClN3O5/c1-8(23-14(20)11-6-9(15)7-16-11)13(19)17-10-4-2-3-5-12(10)18(21)22/h2-8,16H,1H3,(H,17,19)/t8-/m1/s1. The van der Waals surface area contributed by atoms with Gasteiger partial charge in [-0.05, 0) is 19.1 Å². The molecule has 0 aliphatic heterocycles. The number of nitro benzene ring substituents is 1. The molecule has 23 heavy (non-hydrogen) atoms. The number of hydrogen-bond acceptors (Lipinski definition) is 5. The number of nitrogens with zero attached hydrogens (tertiary/aromatic N) is 1. The van der Waals surface area contributed by atoms with Crippen LogP contribution in [0.1, 0.15) is 17.4 Å². The van der Waals surface area contributed by atoms with Crippen LogP contribution >= 0.6 is 11.6 Å². The average molecular weight is 338 g/mol. The van der Waals surface area contributed by atoms with Crippen LogP contribution in [0, 0.1) is 10.1 Å². The summed E-state index contributed by atoms with van der Waals surface area (Å²) in [5, 5.41) is 13.6. The lowest BCUT2D eigenvalue weighted by Crippen LogP contribution is -2.30. The molecule has 8 nitrogen and oxygen atoms in total. The lowest BCUT2D eigenvalue weighted by molar-refractivity contribution is -0.383. The van der Waals surface area contributed by atoms with Gasteiger partial charge in [0, 0.05) is 12.3 Å². The molecule has 2 N–H and O–H groups in total. The van der Waals surface area contributed by atoms with E-state index >= 15 is 0 Å². The molecule has 0 saturated heterocycles. The first-order chi connectivity index (χ1) is 10.9. The van der Waals surface area contributed by atoms with Crippen LogP contribution in [0.25, 0.3) is 0 Å². The number of benzene rings is 1. The van der Waals surface area contributed by atoms with Crippen molar-refractivity contribution in [2.24, 2.45) is 0 Å². The molecule has 9 heteroatoms. The first kappa shape index (κ1) is 16.5. The minimum Gasteiger partial charge on any atom is -0.448 e. The Morgan fingerprint density at radius 2 is 2.09 bits per heavy atom. The van der Waals surface area contributed by atoms with Crippen molar-refractivity contribution in [3.05, 3.63) is 57.4 Å². The highest BCUT2D eigenvalue weighted by Crippen LogP contribution is 2.23. The number of para-hydroxylation sites is 2. The number of anilines is 1. The molecule has 0 fully saturated rings. The zero-order valence-corrected chi connectivity index (χ0v) is 12.7. The van der Waals surface area contributed by atoms with E-state index in [4.69, 9.17) is 16.3 Å². The number of nitrogens with one attached hydrogen (secondary N) is 2. The monoisotopic (exact) mass is 337 g/mol. The number of nitro groups is 1. The molecule has 1 heterocycles. The number of hydrogen-bond donors (Lipinski definition) is 2. The molecule has 1 aromatic heterocycles. The Kier molecular flexibility index (Phi) is 4.97. The predicted octanol–water partition coefficient (Wildman–Crippen LogP) is 2.76. The van der Waals surface area contributed by atoms with Gasteiger partial charge >= 0.3 is 5.97 Å². The third kappa shape index (κ3) is 4.07. The Bertz CT molecular complexity index is 758. The van der Waals surface area contributed by atoms with E-state index in [9.17, 15) is 19.7 Å². The Hall–Kier alpha value is -2.87. The van der Waals surface area contributed by atoms with Crippen LogP contribution in [0.2, 0.25) is 5.02 Å². The Labute approximate surface area is 135 Å². The molecular formula is C14H12ClN3O5. The zero-order chi connectivity index (χ0) is 17.0. The molecule has 1 aromatic carbocycles. The number of rotatable bonds is 5. The van der Waals surface area contributed by atoms with Crippen molar-refractivity contribution in [1.29, 1.82) is 0 Å². The normalized spacial score (nSPS) is 11.6. The number of H-pyrrole nitrogens is 1. The van der Waals surface area contributed by atoms with Crippen molar-refractivity contribution in [1.82, 2.24) is 4.98 Å². The quantitative estimate of drug-likeness (QED) is 0.494. The maximum absolute atomic E-state index is 12.0. The number of halogens is 1. The van der Waals surface area contributed by atoms with Crippen molar-refractivity contribution in [3.63, 3.8) is 0 Å². The third-order valence-corrected chi connectivity index (χ3v) is 3.10. The SMILES string of the molecule is C[C@@H](OC(=O)c1cc(Cl)c[nH]1)C(=O)Nc1ccccc1[N+](=O)[O-]. The molecule has 0 unspecified atom stereocenters. The van der Waals surface area contributed by atoms with Crippen molar-refractivity contribution >= 4 is 34.9 Å². The number of esters is 1. The molecule has 0 aliphatic rings. The molecule has 0 spiro atoms. The number of aromatic nitrogens is 1. The maximum Gasteiger partial charge on any atom is 0.355 e. The van der Waals surface area contributed by atoms with E-state index in [0.717, 1.165) is 0 Å². The largest absolute Gasteiger partial charge is 0.448 e. The van der Waals surface area contributed by atoms with Gasteiger partial charge in [-0.15, -0.1) is 0 Å². The topological polar surface area (TPSA) is 114 Å². The van der Waals surface area contributed by atoms with E-state index in [-0.39, 0.29) is 17.1 Å². The van der Waals surface area contributed by atoms with Gasteiger partial charge in [-0.2, -0.15) is 0 Å². The van der Waals surface area contributed by atoms with Crippen LogP contribution in [0.4, 0.5) is 11.4 Å². The molecule has 120 valence electrons. The Balaban J connectivity index is 2.03. The lowest BCUT2D eigenvalue weighted by Gasteiger charge is -2.13. The second-order valence-corrected chi connectivity index (χ2v) is 4.98. The fourth-order valence-corrected chi connectivity index (χ4v) is 1.90. The Morgan fingerprint density at radius 1 is 1.39 bits per heavy atom. The fraction of sp³-hybridized carbons (Fsp3) is 0.143. The second-order valence-electron chi connectivity index (χ2n) is 4.54. The number of carbonyl (C=O) groups excluding carboxylic acids is 2. The van der Waals surface area contributed by atoms with Gasteiger partial charge in [0.1, 0.15) is 11.4 Å². The van der Waals surface area contributed by atoms with Gasteiger partial charge < -0.3 is 15.0 Å². The molecule has 2 rings (SSSR count). The minimum atomic E-state index is -1.15. The van der Waals surface area contributed by atoms with Gasteiger partial charge in [-0.3, -0.25) is 14.9 Å². The van der Waals surface area contributed by atoms with Gasteiger partial charge in [-0.1, -0.05) is 23.7 Å². The summed E-state index contributed by atoms with van der Waals surface area (Å²) in [7, 11) is 0. The van der Waals surface area contributed by atoms with Crippen molar-refractivity contribution in [2.75, 3.05) is 5.32 Å².